The van der Waals surface area contributed by atoms with Gasteiger partial charge in [0.25, 0.3) is 0 Å². The molecule has 0 aromatic heterocycles. The Morgan fingerprint density at radius 1 is 1.14 bits per heavy atom. The quantitative estimate of drug-likeness (QED) is 0.398. The molecule has 1 aliphatic heterocycles. The summed E-state index contributed by atoms with van der Waals surface area (Å²) >= 11 is 0. The van der Waals surface area contributed by atoms with Gasteiger partial charge in [0.2, 0.25) is 15.9 Å². The van der Waals surface area contributed by atoms with Crippen molar-refractivity contribution in [2.75, 3.05) is 33.1 Å². The zero-order chi connectivity index (χ0) is 31.9. The molecule has 0 spiro atoms. The van der Waals surface area contributed by atoms with Crippen molar-refractivity contribution in [1.29, 1.82) is 0 Å². The third kappa shape index (κ3) is 9.04. The van der Waals surface area contributed by atoms with Crippen LogP contribution in [0.1, 0.15) is 42.0 Å². The molecule has 0 saturated heterocycles. The van der Waals surface area contributed by atoms with Crippen LogP contribution >= 0.6 is 0 Å². The van der Waals surface area contributed by atoms with E-state index in [0.717, 1.165) is 28.0 Å². The van der Waals surface area contributed by atoms with Gasteiger partial charge in [-0.25, -0.2) is 8.42 Å². The lowest BCUT2D eigenvalue weighted by Gasteiger charge is -2.31. The first-order valence-electron chi connectivity index (χ1n) is 14.6. The molecule has 1 unspecified atom stereocenters. The minimum atomic E-state index is -4.66. The molecule has 44 heavy (non-hydrogen) atoms. The molecule has 1 aliphatic carbocycles. The average Bonchev–Trinajstić information content (AvgIpc) is 3.33. The number of aliphatic hydroxyl groups is 1. The number of nitrogens with zero attached hydrogens (tertiary/aromatic N) is 1. The van der Waals surface area contributed by atoms with E-state index in [1.165, 1.54) is 0 Å². The first-order valence-corrected chi connectivity index (χ1v) is 16.2. The van der Waals surface area contributed by atoms with E-state index in [9.17, 15) is 31.5 Å². The number of aliphatic hydroxyl groups excluding tert-OH is 1. The number of rotatable bonds is 7. The maximum atomic E-state index is 13.7. The summed E-state index contributed by atoms with van der Waals surface area (Å²) in [7, 11) is -1.72. The molecule has 242 valence electrons. The van der Waals surface area contributed by atoms with Gasteiger partial charge >= 0.3 is 6.18 Å². The monoisotopic (exact) mass is 639 g/mol. The van der Waals surface area contributed by atoms with Crippen molar-refractivity contribution in [3.8, 4) is 5.75 Å². The second kappa shape index (κ2) is 14.9. The molecule has 2 aliphatic rings. The van der Waals surface area contributed by atoms with Crippen LogP contribution in [-0.4, -0.2) is 87.3 Å². The molecule has 3 N–H and O–H groups in total. The number of likely N-dealkylation sites (N-methyl/N-ethyl adjacent to an activating group) is 1. The van der Waals surface area contributed by atoms with Crippen molar-refractivity contribution in [3.05, 3.63) is 77.4 Å². The fourth-order valence-corrected chi connectivity index (χ4v) is 6.97. The van der Waals surface area contributed by atoms with Crippen LogP contribution < -0.4 is 15.4 Å². The molecule has 4 rings (SSSR count). The summed E-state index contributed by atoms with van der Waals surface area (Å²) in [5.74, 6) is -1.18. The minimum Gasteiger partial charge on any atom is -0.497 e. The van der Waals surface area contributed by atoms with Gasteiger partial charge in [0.05, 0.1) is 50.2 Å². The van der Waals surface area contributed by atoms with Crippen LogP contribution in [0.3, 0.4) is 0 Å². The first kappa shape index (κ1) is 33.9. The van der Waals surface area contributed by atoms with E-state index in [0.29, 0.717) is 12.2 Å². The molecule has 2 aromatic carbocycles. The number of fused-ring (bicyclic) bond motifs is 3. The number of hydrogen-bond acceptors (Lipinski definition) is 7. The van der Waals surface area contributed by atoms with Crippen LogP contribution in [0.25, 0.3) is 0 Å². The highest BCUT2D eigenvalue weighted by Gasteiger charge is 2.38. The fraction of sp³-hybridized carbons (Fsp3) is 0.516. The number of methoxy groups -OCH3 is 1. The van der Waals surface area contributed by atoms with E-state index in [1.54, 1.807) is 19.3 Å². The molecule has 13 heteroatoms. The average molecular weight is 640 g/mol. The van der Waals surface area contributed by atoms with Crippen LogP contribution in [0.15, 0.2) is 60.7 Å². The Balaban J connectivity index is 1.61. The first-order chi connectivity index (χ1) is 20.9. The van der Waals surface area contributed by atoms with Gasteiger partial charge < -0.3 is 25.2 Å². The Hall–Kier alpha value is -2.97. The summed E-state index contributed by atoms with van der Waals surface area (Å²) in [5.41, 5.74) is 2.92. The predicted octanol–water partition coefficient (Wildman–Crippen LogP) is 3.29. The van der Waals surface area contributed by atoms with Crippen molar-refractivity contribution >= 4 is 15.9 Å². The molecule has 5 atom stereocenters. The lowest BCUT2D eigenvalue weighted by molar-refractivity contribution is -0.130. The highest BCUT2D eigenvalue weighted by Crippen LogP contribution is 2.36. The van der Waals surface area contributed by atoms with E-state index >= 15 is 0 Å². The molecule has 9 nitrogen and oxygen atoms in total. The molecular weight excluding hydrogens is 599 g/mol. The molecule has 2 aromatic rings. The van der Waals surface area contributed by atoms with Crippen molar-refractivity contribution in [3.63, 3.8) is 0 Å². The molecule has 0 fully saturated rings. The number of β-amino-alcohol motifs (C(OH)–C–C–N with tert-alkyl or cyclic N) is 1. The summed E-state index contributed by atoms with van der Waals surface area (Å²) in [6.45, 7) is 0.322. The smallest absolute Gasteiger partial charge is 0.390 e. The van der Waals surface area contributed by atoms with E-state index in [1.807, 2.05) is 48.5 Å². The SMILES string of the molecule is COc1ccc2c(c1)[C@H]1NC[C@@H](O)C(Cc3ccccc3)NC(=O)[C@@H](N(C)S(=O)(=O)CCC(F)(F)F)CCC=CCO[C@H]1C2. The maximum absolute atomic E-state index is 13.7. The number of benzene rings is 2. The van der Waals surface area contributed by atoms with Crippen LogP contribution in [0.4, 0.5) is 13.2 Å². The zero-order valence-electron chi connectivity index (χ0n) is 24.8. The number of carbonyl (C=O) groups is 1. The maximum Gasteiger partial charge on any atom is 0.390 e. The van der Waals surface area contributed by atoms with Gasteiger partial charge in [-0.1, -0.05) is 48.6 Å². The van der Waals surface area contributed by atoms with Crippen molar-refractivity contribution in [2.24, 2.45) is 0 Å². The summed E-state index contributed by atoms with van der Waals surface area (Å²) < 4.78 is 76.7. The van der Waals surface area contributed by atoms with Gasteiger partial charge in [0, 0.05) is 20.0 Å². The van der Waals surface area contributed by atoms with E-state index in [2.05, 4.69) is 10.6 Å². The minimum absolute atomic E-state index is 0.0216. The van der Waals surface area contributed by atoms with E-state index in [4.69, 9.17) is 9.47 Å². The van der Waals surface area contributed by atoms with Crippen molar-refractivity contribution in [1.82, 2.24) is 14.9 Å². The summed E-state index contributed by atoms with van der Waals surface area (Å²) in [6.07, 6.45) is -2.81. The number of hydrogen-bond donors (Lipinski definition) is 3. The Morgan fingerprint density at radius 3 is 2.59 bits per heavy atom. The number of ether oxygens (including phenoxy) is 2. The van der Waals surface area contributed by atoms with Crippen LogP contribution in [0.5, 0.6) is 5.75 Å². The highest BCUT2D eigenvalue weighted by atomic mass is 32.2. The second-order valence-corrected chi connectivity index (χ2v) is 13.3. The number of halogens is 3. The number of alkyl halides is 3. The number of sulfonamides is 1. The Kier molecular flexibility index (Phi) is 11.5. The zero-order valence-corrected chi connectivity index (χ0v) is 25.6. The van der Waals surface area contributed by atoms with Gasteiger partial charge in [-0.15, -0.1) is 0 Å². The highest BCUT2D eigenvalue weighted by molar-refractivity contribution is 7.89. The van der Waals surface area contributed by atoms with Gasteiger partial charge in [-0.2, -0.15) is 17.5 Å². The van der Waals surface area contributed by atoms with Crippen molar-refractivity contribution < 1.29 is 41.0 Å². The van der Waals surface area contributed by atoms with Gasteiger partial charge in [0.15, 0.2) is 0 Å². The summed E-state index contributed by atoms with van der Waals surface area (Å²) in [5, 5.41) is 17.7. The number of nitrogens with one attached hydrogen (secondary N) is 2. The van der Waals surface area contributed by atoms with Crippen molar-refractivity contribution in [2.45, 2.75) is 68.6 Å². The molecule has 1 heterocycles. The van der Waals surface area contributed by atoms with Crippen LogP contribution in [0.2, 0.25) is 0 Å². The number of allylic oxidation sites excluding steroid dienone is 1. The Morgan fingerprint density at radius 2 is 1.89 bits per heavy atom. The predicted molar refractivity (Wildman–Crippen MR) is 160 cm³/mol. The van der Waals surface area contributed by atoms with Gasteiger partial charge in [0.1, 0.15) is 11.8 Å². The second-order valence-electron chi connectivity index (χ2n) is 11.2. The molecule has 0 bridgehead atoms. The molecule has 0 radical (unpaired) electrons. The standard InChI is InChI=1S/C31H40F3N3O6S/c1-37(44(40,41)16-14-31(32,33)34)26-11-7-4-8-15-43-28-18-22-12-13-23(42-2)19-24(22)29(28)35-20-27(38)25(36-30(26)39)17-21-9-5-3-6-10-21/h3-6,8-10,12-13,19,25-29,35,38H,7,11,14-18,20H2,1-2H3,(H,36,39)/t25?,26-,27+,28-,29+/m0/s1. The third-order valence-corrected chi connectivity index (χ3v) is 9.97. The molecule has 1 amide bonds. The topological polar surface area (TPSA) is 117 Å². The lowest BCUT2D eigenvalue weighted by atomic mass is 9.99. The van der Waals surface area contributed by atoms with E-state index in [-0.39, 0.29) is 44.6 Å². The summed E-state index contributed by atoms with van der Waals surface area (Å²) in [4.78, 5) is 13.7. The normalized spacial score (nSPS) is 25.4. The molecular formula is C31H40F3N3O6S. The van der Waals surface area contributed by atoms with Crippen LogP contribution in [0, 0.1) is 0 Å². The Bertz CT molecular complexity index is 1390. The number of amides is 1. The molecule has 0 saturated carbocycles. The Labute approximate surface area is 256 Å². The van der Waals surface area contributed by atoms with Gasteiger partial charge in [-0.3, -0.25) is 4.79 Å². The largest absolute Gasteiger partial charge is 0.497 e. The fourth-order valence-electron chi connectivity index (χ4n) is 5.61. The van der Waals surface area contributed by atoms with E-state index < -0.39 is 52.5 Å². The number of carbonyl (C=O) groups excluding carboxylic acids is 1. The lowest BCUT2D eigenvalue weighted by Crippen LogP contribution is -2.55. The summed E-state index contributed by atoms with van der Waals surface area (Å²) in [6, 6.07) is 12.6. The third-order valence-electron chi connectivity index (χ3n) is 8.12. The van der Waals surface area contributed by atoms with Crippen LogP contribution in [-0.2, 0) is 32.4 Å². The van der Waals surface area contributed by atoms with Gasteiger partial charge in [-0.05, 0) is 48.1 Å².